The van der Waals surface area contributed by atoms with E-state index in [9.17, 15) is 4.79 Å². The number of hydrogen-bond acceptors (Lipinski definition) is 2. The maximum atomic E-state index is 11.8. The molecule has 0 spiro atoms. The van der Waals surface area contributed by atoms with Crippen LogP contribution in [0.3, 0.4) is 0 Å². The maximum absolute atomic E-state index is 11.8. The molecular weight excluding hydrogens is 176 g/mol. The van der Waals surface area contributed by atoms with Crippen molar-refractivity contribution in [2.24, 2.45) is 5.92 Å². The number of nitrogens with zero attached hydrogens (tertiary/aromatic N) is 1. The highest BCUT2D eigenvalue weighted by Crippen LogP contribution is 2.28. The molecule has 0 aromatic rings. The van der Waals surface area contributed by atoms with Crippen LogP contribution in [-0.2, 0) is 4.79 Å². The summed E-state index contributed by atoms with van der Waals surface area (Å²) in [5.41, 5.74) is 0. The monoisotopic (exact) mass is 196 g/mol. The normalized spacial score (nSPS) is 27.4. The zero-order chi connectivity index (χ0) is 9.97. The Hall–Kier alpha value is -0.570. The van der Waals surface area contributed by atoms with E-state index in [1.807, 2.05) is 11.9 Å². The number of likely N-dealkylation sites (N-methyl/N-ethyl adjacent to an activating group) is 1. The maximum Gasteiger partial charge on any atom is 0.225 e. The van der Waals surface area contributed by atoms with E-state index in [0.717, 1.165) is 25.9 Å². The van der Waals surface area contributed by atoms with E-state index in [1.165, 1.54) is 19.3 Å². The molecule has 0 aromatic heterocycles. The third-order valence-corrected chi connectivity index (χ3v) is 3.49. The molecular formula is C11H20N2O. The molecule has 1 saturated heterocycles. The SMILES string of the molecule is CN(CC1CCCN1)C(=O)C1CCC1. The van der Waals surface area contributed by atoms with Crippen LogP contribution in [-0.4, -0.2) is 37.0 Å². The second-order valence-electron chi connectivity index (χ2n) is 4.64. The lowest BCUT2D eigenvalue weighted by molar-refractivity contribution is -0.137. The van der Waals surface area contributed by atoms with Crippen LogP contribution in [0.1, 0.15) is 32.1 Å². The van der Waals surface area contributed by atoms with Gasteiger partial charge in [-0.2, -0.15) is 0 Å². The van der Waals surface area contributed by atoms with E-state index in [0.29, 0.717) is 17.9 Å². The third kappa shape index (κ3) is 2.08. The molecule has 1 aliphatic heterocycles. The molecule has 3 nitrogen and oxygen atoms in total. The highest BCUT2D eigenvalue weighted by atomic mass is 16.2. The van der Waals surface area contributed by atoms with Crippen molar-refractivity contribution in [3.63, 3.8) is 0 Å². The van der Waals surface area contributed by atoms with Gasteiger partial charge in [0.15, 0.2) is 0 Å². The number of amides is 1. The fourth-order valence-corrected chi connectivity index (χ4v) is 2.30. The number of carbonyl (C=O) groups is 1. The van der Waals surface area contributed by atoms with Gasteiger partial charge in [-0.1, -0.05) is 6.42 Å². The molecule has 14 heavy (non-hydrogen) atoms. The number of rotatable bonds is 3. The van der Waals surface area contributed by atoms with Crippen molar-refractivity contribution in [1.29, 1.82) is 0 Å². The van der Waals surface area contributed by atoms with Gasteiger partial charge in [0.2, 0.25) is 5.91 Å². The molecule has 0 bridgehead atoms. The molecule has 3 heteroatoms. The van der Waals surface area contributed by atoms with Crippen molar-refractivity contribution in [2.75, 3.05) is 20.1 Å². The lowest BCUT2D eigenvalue weighted by atomic mass is 9.84. The first-order chi connectivity index (χ1) is 6.77. The summed E-state index contributed by atoms with van der Waals surface area (Å²) in [6.07, 6.45) is 5.95. The Morgan fingerprint density at radius 2 is 2.14 bits per heavy atom. The first-order valence-electron chi connectivity index (χ1n) is 5.76. The summed E-state index contributed by atoms with van der Waals surface area (Å²) in [6, 6.07) is 0.545. The van der Waals surface area contributed by atoms with E-state index in [1.54, 1.807) is 0 Å². The minimum atomic E-state index is 0.349. The second-order valence-corrected chi connectivity index (χ2v) is 4.64. The summed E-state index contributed by atoms with van der Waals surface area (Å²) in [5.74, 6) is 0.714. The number of nitrogens with one attached hydrogen (secondary N) is 1. The van der Waals surface area contributed by atoms with Gasteiger partial charge in [0, 0.05) is 25.6 Å². The van der Waals surface area contributed by atoms with Crippen molar-refractivity contribution in [2.45, 2.75) is 38.1 Å². The van der Waals surface area contributed by atoms with Crippen LogP contribution in [0, 0.1) is 5.92 Å². The Kier molecular flexibility index (Phi) is 3.06. The van der Waals surface area contributed by atoms with Crippen molar-refractivity contribution >= 4 is 5.91 Å². The predicted octanol–water partition coefficient (Wildman–Crippen LogP) is 0.997. The van der Waals surface area contributed by atoms with Gasteiger partial charge in [-0.3, -0.25) is 4.79 Å². The van der Waals surface area contributed by atoms with Crippen molar-refractivity contribution in [3.05, 3.63) is 0 Å². The molecule has 1 aliphatic carbocycles. The minimum absolute atomic E-state index is 0.349. The molecule has 1 heterocycles. The van der Waals surface area contributed by atoms with Crippen LogP contribution in [0.5, 0.6) is 0 Å². The Bertz CT molecular complexity index is 207. The summed E-state index contributed by atoms with van der Waals surface area (Å²) < 4.78 is 0. The van der Waals surface area contributed by atoms with Gasteiger partial charge in [0.25, 0.3) is 0 Å². The average Bonchev–Trinajstić information content (AvgIpc) is 2.53. The molecule has 2 aliphatic rings. The second kappa shape index (κ2) is 4.30. The quantitative estimate of drug-likeness (QED) is 0.730. The van der Waals surface area contributed by atoms with Gasteiger partial charge in [-0.05, 0) is 32.2 Å². The topological polar surface area (TPSA) is 32.3 Å². The Morgan fingerprint density at radius 3 is 2.64 bits per heavy atom. The van der Waals surface area contributed by atoms with E-state index >= 15 is 0 Å². The number of hydrogen-bond donors (Lipinski definition) is 1. The number of carbonyl (C=O) groups excluding carboxylic acids is 1. The lowest BCUT2D eigenvalue weighted by Gasteiger charge is -2.30. The molecule has 2 rings (SSSR count). The molecule has 1 saturated carbocycles. The molecule has 0 aromatic carbocycles. The minimum Gasteiger partial charge on any atom is -0.344 e. The smallest absolute Gasteiger partial charge is 0.225 e. The standard InChI is InChI=1S/C11H20N2O/c1-13(8-10-6-3-7-12-10)11(14)9-4-2-5-9/h9-10,12H,2-8H2,1H3. The highest BCUT2D eigenvalue weighted by molar-refractivity contribution is 5.79. The zero-order valence-corrected chi connectivity index (χ0v) is 8.96. The summed E-state index contributed by atoms with van der Waals surface area (Å²) in [6.45, 7) is 2.02. The third-order valence-electron chi connectivity index (χ3n) is 3.49. The molecule has 1 N–H and O–H groups in total. The van der Waals surface area contributed by atoms with Crippen molar-refractivity contribution in [3.8, 4) is 0 Å². The summed E-state index contributed by atoms with van der Waals surface area (Å²) in [4.78, 5) is 13.7. The largest absolute Gasteiger partial charge is 0.344 e. The van der Waals surface area contributed by atoms with Gasteiger partial charge in [0.1, 0.15) is 0 Å². The van der Waals surface area contributed by atoms with Crippen molar-refractivity contribution in [1.82, 2.24) is 10.2 Å². The average molecular weight is 196 g/mol. The van der Waals surface area contributed by atoms with Gasteiger partial charge in [-0.25, -0.2) is 0 Å². The molecule has 2 fully saturated rings. The first-order valence-corrected chi connectivity index (χ1v) is 5.76. The van der Waals surface area contributed by atoms with Crippen LogP contribution < -0.4 is 5.32 Å². The van der Waals surface area contributed by atoms with Gasteiger partial charge < -0.3 is 10.2 Å². The van der Waals surface area contributed by atoms with Crippen LogP contribution in [0.2, 0.25) is 0 Å². The molecule has 0 radical (unpaired) electrons. The van der Waals surface area contributed by atoms with E-state index < -0.39 is 0 Å². The molecule has 1 unspecified atom stereocenters. The van der Waals surface area contributed by atoms with E-state index in [-0.39, 0.29) is 0 Å². The van der Waals surface area contributed by atoms with Crippen molar-refractivity contribution < 1.29 is 4.79 Å². The fraction of sp³-hybridized carbons (Fsp3) is 0.909. The lowest BCUT2D eigenvalue weighted by Crippen LogP contribution is -2.42. The Labute approximate surface area is 85.8 Å². The molecule has 1 amide bonds. The highest BCUT2D eigenvalue weighted by Gasteiger charge is 2.29. The van der Waals surface area contributed by atoms with Crippen LogP contribution in [0.4, 0.5) is 0 Å². The zero-order valence-electron chi connectivity index (χ0n) is 8.96. The Morgan fingerprint density at radius 1 is 1.36 bits per heavy atom. The van der Waals surface area contributed by atoms with Gasteiger partial charge >= 0.3 is 0 Å². The van der Waals surface area contributed by atoms with E-state index in [4.69, 9.17) is 0 Å². The van der Waals surface area contributed by atoms with Gasteiger partial charge in [0.05, 0.1) is 0 Å². The van der Waals surface area contributed by atoms with E-state index in [2.05, 4.69) is 5.32 Å². The summed E-state index contributed by atoms with van der Waals surface area (Å²) in [5, 5.41) is 3.42. The molecule has 1 atom stereocenters. The van der Waals surface area contributed by atoms with Crippen LogP contribution >= 0.6 is 0 Å². The van der Waals surface area contributed by atoms with Crippen LogP contribution in [0.15, 0.2) is 0 Å². The predicted molar refractivity (Wildman–Crippen MR) is 56.0 cm³/mol. The summed E-state index contributed by atoms with van der Waals surface area (Å²) in [7, 11) is 1.95. The summed E-state index contributed by atoms with van der Waals surface area (Å²) >= 11 is 0. The van der Waals surface area contributed by atoms with Crippen LogP contribution in [0.25, 0.3) is 0 Å². The Balaban J connectivity index is 1.75. The fourth-order valence-electron chi connectivity index (χ4n) is 2.30. The molecule has 80 valence electrons. The first kappa shape index (κ1) is 9.97. The van der Waals surface area contributed by atoms with Gasteiger partial charge in [-0.15, -0.1) is 0 Å².